The van der Waals surface area contributed by atoms with Crippen molar-refractivity contribution in [2.45, 2.75) is 6.61 Å². The summed E-state index contributed by atoms with van der Waals surface area (Å²) in [4.78, 5) is 23.3. The van der Waals surface area contributed by atoms with Crippen LogP contribution in [-0.4, -0.2) is 17.0 Å². The summed E-state index contributed by atoms with van der Waals surface area (Å²) in [6.45, 7) is 0.0863. The average molecular weight is 485 g/mol. The summed E-state index contributed by atoms with van der Waals surface area (Å²) >= 11 is 12.5. The molecule has 166 valence electrons. The molecule has 6 nitrogen and oxygen atoms in total. The Balaban J connectivity index is 1.75. The lowest BCUT2D eigenvalue weighted by atomic mass is 10.1. The minimum atomic E-state index is -1.03. The number of anilines is 1. The number of hydrogen-bond acceptors (Lipinski definition) is 4. The Morgan fingerprint density at radius 1 is 1.09 bits per heavy atom. The molecular weight excluding hydrogens is 470 g/mol. The van der Waals surface area contributed by atoms with E-state index in [4.69, 9.17) is 33.0 Å². The van der Waals surface area contributed by atoms with Gasteiger partial charge in [0.05, 0.1) is 21.3 Å². The molecule has 1 amide bonds. The van der Waals surface area contributed by atoms with E-state index in [0.717, 1.165) is 0 Å². The van der Waals surface area contributed by atoms with E-state index in [-0.39, 0.29) is 39.2 Å². The SMILES string of the molecule is N#C/C(=C/c1cc(Cl)c(OCc2ccc(C(=O)O)cc2)c(Cl)c1)C(=O)Nc1ccccc1F. The Hall–Kier alpha value is -3.86. The highest BCUT2D eigenvalue weighted by atomic mass is 35.5. The first-order valence-electron chi connectivity index (χ1n) is 9.40. The zero-order valence-electron chi connectivity index (χ0n) is 16.8. The number of para-hydroxylation sites is 1. The third-order valence-corrected chi connectivity index (χ3v) is 4.96. The van der Waals surface area contributed by atoms with Gasteiger partial charge in [-0.1, -0.05) is 47.5 Å². The second kappa shape index (κ2) is 10.6. The first-order valence-corrected chi connectivity index (χ1v) is 10.2. The highest BCUT2D eigenvalue weighted by Crippen LogP contribution is 2.35. The van der Waals surface area contributed by atoms with Crippen molar-refractivity contribution in [3.8, 4) is 11.8 Å². The maximum absolute atomic E-state index is 13.8. The van der Waals surface area contributed by atoms with Gasteiger partial charge in [0.25, 0.3) is 5.91 Å². The lowest BCUT2D eigenvalue weighted by Crippen LogP contribution is -2.14. The fourth-order valence-electron chi connectivity index (χ4n) is 2.77. The number of ether oxygens (including phenoxy) is 1. The molecule has 0 aliphatic rings. The molecule has 3 aromatic rings. The van der Waals surface area contributed by atoms with Crippen LogP contribution in [0, 0.1) is 17.1 Å². The number of benzene rings is 3. The Kier molecular flexibility index (Phi) is 7.67. The summed E-state index contributed by atoms with van der Waals surface area (Å²) in [7, 11) is 0. The van der Waals surface area contributed by atoms with Crippen LogP contribution in [0.15, 0.2) is 66.2 Å². The van der Waals surface area contributed by atoms with Gasteiger partial charge in [0.1, 0.15) is 24.1 Å². The summed E-state index contributed by atoms with van der Waals surface area (Å²) in [5, 5.41) is 20.9. The van der Waals surface area contributed by atoms with Crippen molar-refractivity contribution in [2.24, 2.45) is 0 Å². The summed E-state index contributed by atoms with van der Waals surface area (Å²) in [5.41, 5.74) is 0.881. The second-order valence-corrected chi connectivity index (χ2v) is 7.52. The molecule has 3 aromatic carbocycles. The van der Waals surface area contributed by atoms with Crippen LogP contribution in [0.25, 0.3) is 6.08 Å². The van der Waals surface area contributed by atoms with Gasteiger partial charge in [0.15, 0.2) is 5.75 Å². The predicted molar refractivity (Wildman–Crippen MR) is 123 cm³/mol. The van der Waals surface area contributed by atoms with Gasteiger partial charge < -0.3 is 15.2 Å². The van der Waals surface area contributed by atoms with E-state index in [2.05, 4.69) is 5.32 Å². The number of carbonyl (C=O) groups excluding carboxylic acids is 1. The van der Waals surface area contributed by atoms with Crippen LogP contribution in [0.3, 0.4) is 0 Å². The number of carboxylic acid groups (broad SMARTS) is 1. The van der Waals surface area contributed by atoms with Gasteiger partial charge in [-0.15, -0.1) is 0 Å². The largest absolute Gasteiger partial charge is 0.486 e. The van der Waals surface area contributed by atoms with Crippen molar-refractivity contribution in [3.05, 3.63) is 98.8 Å². The van der Waals surface area contributed by atoms with Crippen molar-refractivity contribution < 1.29 is 23.8 Å². The third-order valence-electron chi connectivity index (χ3n) is 4.40. The molecule has 0 fully saturated rings. The fraction of sp³-hybridized carbons (Fsp3) is 0.0417. The van der Waals surface area contributed by atoms with Crippen LogP contribution >= 0.6 is 23.2 Å². The molecule has 0 aromatic heterocycles. The number of carbonyl (C=O) groups is 2. The Labute approximate surface area is 198 Å². The van der Waals surface area contributed by atoms with Crippen LogP contribution < -0.4 is 10.1 Å². The molecule has 0 aliphatic heterocycles. The van der Waals surface area contributed by atoms with E-state index < -0.39 is 17.7 Å². The zero-order valence-corrected chi connectivity index (χ0v) is 18.3. The maximum atomic E-state index is 13.8. The molecule has 2 N–H and O–H groups in total. The van der Waals surface area contributed by atoms with Gasteiger partial charge in [-0.25, -0.2) is 9.18 Å². The smallest absolute Gasteiger partial charge is 0.335 e. The zero-order chi connectivity index (χ0) is 24.0. The number of nitrogens with one attached hydrogen (secondary N) is 1. The van der Waals surface area contributed by atoms with Crippen molar-refractivity contribution >= 4 is 46.8 Å². The second-order valence-electron chi connectivity index (χ2n) is 6.71. The Bertz CT molecular complexity index is 1260. The summed E-state index contributed by atoms with van der Waals surface area (Å²) in [6, 6.07) is 16.4. The van der Waals surface area contributed by atoms with Gasteiger partial charge in [-0.2, -0.15) is 5.26 Å². The molecule has 33 heavy (non-hydrogen) atoms. The van der Waals surface area contributed by atoms with E-state index in [1.807, 2.05) is 0 Å². The van der Waals surface area contributed by atoms with E-state index in [1.165, 1.54) is 48.5 Å². The number of aromatic carboxylic acids is 1. The van der Waals surface area contributed by atoms with Crippen molar-refractivity contribution in [1.29, 1.82) is 5.26 Å². The molecule has 0 radical (unpaired) electrons. The molecule has 3 rings (SSSR count). The van der Waals surface area contributed by atoms with Gasteiger partial charge in [0.2, 0.25) is 0 Å². The first kappa shape index (κ1) is 23.8. The van der Waals surface area contributed by atoms with E-state index in [9.17, 15) is 19.2 Å². The van der Waals surface area contributed by atoms with Crippen molar-refractivity contribution in [1.82, 2.24) is 0 Å². The normalized spacial score (nSPS) is 10.9. The van der Waals surface area contributed by atoms with Gasteiger partial charge in [0, 0.05) is 0 Å². The average Bonchev–Trinajstić information content (AvgIpc) is 2.78. The van der Waals surface area contributed by atoms with E-state index in [1.54, 1.807) is 24.3 Å². The number of nitrogens with zero attached hydrogens (tertiary/aromatic N) is 1. The molecule has 0 unspecified atom stereocenters. The molecule has 0 aliphatic carbocycles. The molecule has 0 atom stereocenters. The molecule has 0 saturated carbocycles. The molecule has 0 saturated heterocycles. The molecule has 0 bridgehead atoms. The third kappa shape index (κ3) is 6.10. The molecular formula is C24H15Cl2FN2O4. The maximum Gasteiger partial charge on any atom is 0.335 e. The number of hydrogen-bond donors (Lipinski definition) is 2. The number of halogens is 3. The summed E-state index contributed by atoms with van der Waals surface area (Å²) in [5.74, 6) is -2.27. The van der Waals surface area contributed by atoms with Gasteiger partial charge in [-0.05, 0) is 53.6 Å². The highest BCUT2D eigenvalue weighted by molar-refractivity contribution is 6.37. The first-order chi connectivity index (χ1) is 15.8. The van der Waals surface area contributed by atoms with E-state index >= 15 is 0 Å². The fourth-order valence-corrected chi connectivity index (χ4v) is 3.38. The predicted octanol–water partition coefficient (Wildman–Crippen LogP) is 5.96. The molecule has 0 spiro atoms. The van der Waals surface area contributed by atoms with Crippen LogP contribution in [0.4, 0.5) is 10.1 Å². The standard InChI is InChI=1S/C24H15Cl2FN2O4/c25-18-10-15(9-17(12-28)23(30)29-21-4-2-1-3-20(21)27)11-19(26)22(18)33-13-14-5-7-16(8-6-14)24(31)32/h1-11H,13H2,(H,29,30)(H,31,32)/b17-9-. The summed E-state index contributed by atoms with van der Waals surface area (Å²) in [6.07, 6.45) is 1.27. The van der Waals surface area contributed by atoms with Crippen LogP contribution in [0.2, 0.25) is 10.0 Å². The van der Waals surface area contributed by atoms with E-state index in [0.29, 0.717) is 11.1 Å². The molecule has 0 heterocycles. The van der Waals surface area contributed by atoms with Crippen LogP contribution in [-0.2, 0) is 11.4 Å². The van der Waals surface area contributed by atoms with Gasteiger partial charge >= 0.3 is 5.97 Å². The van der Waals surface area contributed by atoms with Crippen LogP contribution in [0.5, 0.6) is 5.75 Å². The number of amides is 1. The lowest BCUT2D eigenvalue weighted by Gasteiger charge is -2.11. The minimum absolute atomic E-state index is 0.0557. The van der Waals surface area contributed by atoms with Gasteiger partial charge in [-0.3, -0.25) is 4.79 Å². The van der Waals surface area contributed by atoms with Crippen molar-refractivity contribution in [2.75, 3.05) is 5.32 Å². The quantitative estimate of drug-likeness (QED) is 0.318. The topological polar surface area (TPSA) is 99.4 Å². The monoisotopic (exact) mass is 484 g/mol. The molecule has 9 heteroatoms. The minimum Gasteiger partial charge on any atom is -0.486 e. The Morgan fingerprint density at radius 2 is 1.73 bits per heavy atom. The lowest BCUT2D eigenvalue weighted by molar-refractivity contribution is -0.112. The number of rotatable bonds is 7. The number of nitriles is 1. The highest BCUT2D eigenvalue weighted by Gasteiger charge is 2.14. The van der Waals surface area contributed by atoms with Crippen LogP contribution in [0.1, 0.15) is 21.5 Å². The Morgan fingerprint density at radius 3 is 2.30 bits per heavy atom. The van der Waals surface area contributed by atoms with Crippen molar-refractivity contribution in [3.63, 3.8) is 0 Å². The number of carboxylic acids is 1. The summed E-state index contributed by atoms with van der Waals surface area (Å²) < 4.78 is 19.4.